The molecular formula is C17H25NO2. The Balaban J connectivity index is 2.20. The highest BCUT2D eigenvalue weighted by atomic mass is 16.5. The molecule has 0 aromatic heterocycles. The standard InChI is InChI=1S/C17H25NO2/c1-12-9-7-8-10-14(12)20-15(19)13-11-16(2,3)18(6)17(13,4)5/h7-10,13H,11H2,1-6H3. The van der Waals surface area contributed by atoms with Crippen molar-refractivity contribution in [2.75, 3.05) is 7.05 Å². The van der Waals surface area contributed by atoms with Crippen LogP contribution in [0, 0.1) is 12.8 Å². The van der Waals surface area contributed by atoms with Gasteiger partial charge in [-0.2, -0.15) is 0 Å². The molecule has 110 valence electrons. The lowest BCUT2D eigenvalue weighted by Crippen LogP contribution is -2.48. The van der Waals surface area contributed by atoms with Gasteiger partial charge in [-0.1, -0.05) is 18.2 Å². The topological polar surface area (TPSA) is 29.5 Å². The summed E-state index contributed by atoms with van der Waals surface area (Å²) >= 11 is 0. The SMILES string of the molecule is Cc1ccccc1OC(=O)C1CC(C)(C)N(C)C1(C)C. The van der Waals surface area contributed by atoms with Crippen LogP contribution in [0.2, 0.25) is 0 Å². The van der Waals surface area contributed by atoms with Crippen molar-refractivity contribution in [2.24, 2.45) is 5.92 Å². The molecule has 1 aliphatic rings. The summed E-state index contributed by atoms with van der Waals surface area (Å²) in [5.41, 5.74) is 0.812. The van der Waals surface area contributed by atoms with E-state index in [1.54, 1.807) is 0 Å². The number of rotatable bonds is 2. The fourth-order valence-corrected chi connectivity index (χ4v) is 3.12. The van der Waals surface area contributed by atoms with Crippen molar-refractivity contribution in [3.8, 4) is 5.75 Å². The zero-order chi connectivity index (χ0) is 15.1. The molecular weight excluding hydrogens is 250 g/mol. The molecule has 1 atom stereocenters. The Bertz CT molecular complexity index is 519. The molecule has 0 amide bonds. The lowest BCUT2D eigenvalue weighted by Gasteiger charge is -2.37. The third kappa shape index (κ3) is 2.47. The molecule has 3 nitrogen and oxygen atoms in total. The van der Waals surface area contributed by atoms with E-state index in [0.717, 1.165) is 12.0 Å². The maximum absolute atomic E-state index is 12.6. The van der Waals surface area contributed by atoms with Crippen molar-refractivity contribution in [2.45, 2.75) is 52.1 Å². The second-order valence-electron chi connectivity index (χ2n) is 6.97. The van der Waals surface area contributed by atoms with E-state index in [2.05, 4.69) is 39.6 Å². The highest BCUT2D eigenvalue weighted by molar-refractivity contribution is 5.77. The summed E-state index contributed by atoms with van der Waals surface area (Å²) in [6.07, 6.45) is 0.821. The van der Waals surface area contributed by atoms with E-state index in [4.69, 9.17) is 4.74 Å². The first-order valence-electron chi connectivity index (χ1n) is 7.17. The first kappa shape index (κ1) is 15.0. The van der Waals surface area contributed by atoms with Gasteiger partial charge in [-0.3, -0.25) is 9.69 Å². The van der Waals surface area contributed by atoms with Gasteiger partial charge in [0.05, 0.1) is 5.92 Å². The van der Waals surface area contributed by atoms with E-state index in [0.29, 0.717) is 5.75 Å². The van der Waals surface area contributed by atoms with Crippen molar-refractivity contribution in [3.05, 3.63) is 29.8 Å². The molecule has 1 saturated heterocycles. The molecule has 1 unspecified atom stereocenters. The Morgan fingerprint density at radius 3 is 2.35 bits per heavy atom. The number of nitrogens with zero attached hydrogens (tertiary/aromatic N) is 1. The number of likely N-dealkylation sites (tertiary alicyclic amines) is 1. The zero-order valence-corrected chi connectivity index (χ0v) is 13.4. The van der Waals surface area contributed by atoms with Crippen LogP contribution in [0.3, 0.4) is 0 Å². The number of para-hydroxylation sites is 1. The minimum atomic E-state index is -0.191. The van der Waals surface area contributed by atoms with E-state index in [1.165, 1.54) is 0 Å². The average molecular weight is 275 g/mol. The van der Waals surface area contributed by atoms with Crippen molar-refractivity contribution in [1.82, 2.24) is 4.90 Å². The van der Waals surface area contributed by atoms with Gasteiger partial charge in [-0.05, 0) is 59.7 Å². The molecule has 1 aromatic carbocycles. The summed E-state index contributed by atoms with van der Waals surface area (Å²) in [6.45, 7) is 10.5. The van der Waals surface area contributed by atoms with E-state index >= 15 is 0 Å². The third-order valence-corrected chi connectivity index (χ3v) is 4.92. The van der Waals surface area contributed by atoms with Crippen LogP contribution in [0.15, 0.2) is 24.3 Å². The molecule has 1 heterocycles. The largest absolute Gasteiger partial charge is 0.426 e. The van der Waals surface area contributed by atoms with Crippen LogP contribution in [-0.4, -0.2) is 29.0 Å². The molecule has 0 N–H and O–H groups in total. The van der Waals surface area contributed by atoms with Crippen molar-refractivity contribution >= 4 is 5.97 Å². The minimum Gasteiger partial charge on any atom is -0.426 e. The van der Waals surface area contributed by atoms with Crippen LogP contribution in [0.4, 0.5) is 0 Å². The second-order valence-corrected chi connectivity index (χ2v) is 6.97. The van der Waals surface area contributed by atoms with Gasteiger partial charge in [0.15, 0.2) is 0 Å². The molecule has 1 aliphatic heterocycles. The summed E-state index contributed by atoms with van der Waals surface area (Å²) < 4.78 is 5.64. The van der Waals surface area contributed by atoms with Gasteiger partial charge >= 0.3 is 5.97 Å². The summed E-state index contributed by atoms with van der Waals surface area (Å²) in [5, 5.41) is 0. The summed E-state index contributed by atoms with van der Waals surface area (Å²) in [6, 6.07) is 7.65. The van der Waals surface area contributed by atoms with E-state index in [9.17, 15) is 4.79 Å². The van der Waals surface area contributed by atoms with E-state index in [-0.39, 0.29) is 23.0 Å². The number of hydrogen-bond donors (Lipinski definition) is 0. The number of carbonyl (C=O) groups excluding carboxylic acids is 1. The number of aryl methyl sites for hydroxylation is 1. The Hall–Kier alpha value is -1.35. The minimum absolute atomic E-state index is 0.0128. The van der Waals surface area contributed by atoms with Crippen LogP contribution >= 0.6 is 0 Å². The number of hydrogen-bond acceptors (Lipinski definition) is 3. The van der Waals surface area contributed by atoms with Crippen LogP contribution < -0.4 is 4.74 Å². The number of benzene rings is 1. The Morgan fingerprint density at radius 1 is 1.25 bits per heavy atom. The number of ether oxygens (including phenoxy) is 1. The molecule has 1 fully saturated rings. The Kier molecular flexibility index (Phi) is 3.67. The van der Waals surface area contributed by atoms with Gasteiger partial charge in [0, 0.05) is 11.1 Å². The van der Waals surface area contributed by atoms with Gasteiger partial charge in [-0.15, -0.1) is 0 Å². The van der Waals surface area contributed by atoms with Crippen LogP contribution in [0.25, 0.3) is 0 Å². The quantitative estimate of drug-likeness (QED) is 0.612. The Labute approximate surface area is 121 Å². The van der Waals surface area contributed by atoms with Crippen molar-refractivity contribution < 1.29 is 9.53 Å². The molecule has 0 spiro atoms. The molecule has 0 bridgehead atoms. The van der Waals surface area contributed by atoms with Gasteiger partial charge < -0.3 is 4.74 Å². The molecule has 3 heteroatoms. The number of carbonyl (C=O) groups is 1. The summed E-state index contributed by atoms with van der Waals surface area (Å²) in [5.74, 6) is 0.435. The van der Waals surface area contributed by atoms with Gasteiger partial charge in [0.1, 0.15) is 5.75 Å². The lowest BCUT2D eigenvalue weighted by atomic mass is 9.87. The third-order valence-electron chi connectivity index (χ3n) is 4.92. The molecule has 0 aliphatic carbocycles. The fourth-order valence-electron chi connectivity index (χ4n) is 3.12. The molecule has 1 aromatic rings. The average Bonchev–Trinajstić information content (AvgIpc) is 2.52. The monoisotopic (exact) mass is 275 g/mol. The zero-order valence-electron chi connectivity index (χ0n) is 13.4. The number of esters is 1. The van der Waals surface area contributed by atoms with Crippen LogP contribution in [-0.2, 0) is 4.79 Å². The second kappa shape index (κ2) is 4.88. The highest BCUT2D eigenvalue weighted by Gasteiger charge is 2.53. The fraction of sp³-hybridized carbons (Fsp3) is 0.588. The smallest absolute Gasteiger partial charge is 0.316 e. The molecule has 2 rings (SSSR count). The molecule has 0 radical (unpaired) electrons. The first-order valence-corrected chi connectivity index (χ1v) is 7.17. The predicted molar refractivity (Wildman–Crippen MR) is 80.8 cm³/mol. The maximum Gasteiger partial charge on any atom is 0.316 e. The van der Waals surface area contributed by atoms with Crippen LogP contribution in [0.5, 0.6) is 5.75 Å². The predicted octanol–water partition coefficient (Wildman–Crippen LogP) is 3.41. The Morgan fingerprint density at radius 2 is 1.85 bits per heavy atom. The van der Waals surface area contributed by atoms with Crippen molar-refractivity contribution in [3.63, 3.8) is 0 Å². The normalized spacial score (nSPS) is 24.6. The first-order chi connectivity index (χ1) is 9.16. The van der Waals surface area contributed by atoms with Crippen LogP contribution in [0.1, 0.15) is 39.7 Å². The molecule has 0 saturated carbocycles. The lowest BCUT2D eigenvalue weighted by molar-refractivity contribution is -0.141. The highest BCUT2D eigenvalue weighted by Crippen LogP contribution is 2.44. The summed E-state index contributed by atoms with van der Waals surface area (Å²) in [4.78, 5) is 14.8. The summed E-state index contributed by atoms with van der Waals surface area (Å²) in [7, 11) is 2.08. The van der Waals surface area contributed by atoms with Gasteiger partial charge in [0.25, 0.3) is 0 Å². The van der Waals surface area contributed by atoms with E-state index in [1.807, 2.05) is 31.2 Å². The molecule has 20 heavy (non-hydrogen) atoms. The van der Waals surface area contributed by atoms with Crippen molar-refractivity contribution in [1.29, 1.82) is 0 Å². The van der Waals surface area contributed by atoms with Gasteiger partial charge in [0.2, 0.25) is 0 Å². The van der Waals surface area contributed by atoms with Gasteiger partial charge in [-0.25, -0.2) is 0 Å². The van der Waals surface area contributed by atoms with E-state index < -0.39 is 0 Å². The maximum atomic E-state index is 12.6.